The molecule has 2 rings (SSSR count). The van der Waals surface area contributed by atoms with Crippen molar-refractivity contribution in [3.8, 4) is 0 Å². The summed E-state index contributed by atoms with van der Waals surface area (Å²) in [6, 6.07) is 6.57. The number of aryl methyl sites for hydroxylation is 1. The Morgan fingerprint density at radius 3 is 2.86 bits per heavy atom. The molecule has 14 heavy (non-hydrogen) atoms. The second-order valence-corrected chi connectivity index (χ2v) is 4.22. The minimum atomic E-state index is 0.573. The molecular weight excluding hydrogens is 172 g/mol. The van der Waals surface area contributed by atoms with Gasteiger partial charge in [-0.15, -0.1) is 0 Å². The first-order valence-electron chi connectivity index (χ1n) is 5.23. The maximum Gasteiger partial charge on any atom is 0.0399 e. The van der Waals surface area contributed by atoms with E-state index in [4.69, 9.17) is 5.73 Å². The molecule has 1 atom stereocenters. The fourth-order valence-corrected chi connectivity index (χ4v) is 2.39. The summed E-state index contributed by atoms with van der Waals surface area (Å²) in [5.41, 5.74) is 10.1. The number of fused-ring (bicyclic) bond motifs is 1. The SMILES string of the molecule is CN(C)c1cccc2c1C(CN)CC2. The normalized spacial score (nSPS) is 19.5. The molecule has 1 aromatic carbocycles. The van der Waals surface area contributed by atoms with Gasteiger partial charge in [0.25, 0.3) is 0 Å². The Bertz CT molecular complexity index is 331. The summed E-state index contributed by atoms with van der Waals surface area (Å²) in [5, 5.41) is 0. The number of nitrogens with two attached hydrogens (primary N) is 1. The van der Waals surface area contributed by atoms with Gasteiger partial charge in [0.15, 0.2) is 0 Å². The van der Waals surface area contributed by atoms with Crippen LogP contribution in [-0.4, -0.2) is 20.6 Å². The molecular formula is C12H18N2. The summed E-state index contributed by atoms with van der Waals surface area (Å²) < 4.78 is 0. The van der Waals surface area contributed by atoms with Crippen LogP contribution in [0.5, 0.6) is 0 Å². The van der Waals surface area contributed by atoms with Crippen molar-refractivity contribution in [1.29, 1.82) is 0 Å². The average molecular weight is 190 g/mol. The van der Waals surface area contributed by atoms with Crippen LogP contribution >= 0.6 is 0 Å². The van der Waals surface area contributed by atoms with Gasteiger partial charge in [0.2, 0.25) is 0 Å². The van der Waals surface area contributed by atoms with Crippen molar-refractivity contribution < 1.29 is 0 Å². The van der Waals surface area contributed by atoms with E-state index in [0.717, 1.165) is 6.54 Å². The molecule has 0 saturated heterocycles. The summed E-state index contributed by atoms with van der Waals surface area (Å²) in [7, 11) is 4.20. The van der Waals surface area contributed by atoms with Crippen molar-refractivity contribution >= 4 is 5.69 Å². The van der Waals surface area contributed by atoms with E-state index in [-0.39, 0.29) is 0 Å². The van der Waals surface area contributed by atoms with Crippen LogP contribution in [0.1, 0.15) is 23.5 Å². The van der Waals surface area contributed by atoms with E-state index in [2.05, 4.69) is 37.2 Å². The lowest BCUT2D eigenvalue weighted by atomic mass is 9.99. The minimum Gasteiger partial charge on any atom is -0.377 e. The lowest BCUT2D eigenvalue weighted by molar-refractivity contribution is 0.687. The lowest BCUT2D eigenvalue weighted by Crippen LogP contribution is -2.15. The van der Waals surface area contributed by atoms with Crippen LogP contribution in [0.25, 0.3) is 0 Å². The van der Waals surface area contributed by atoms with Crippen molar-refractivity contribution in [2.24, 2.45) is 5.73 Å². The van der Waals surface area contributed by atoms with E-state index in [1.807, 2.05) is 0 Å². The quantitative estimate of drug-likeness (QED) is 0.769. The van der Waals surface area contributed by atoms with Crippen molar-refractivity contribution in [2.75, 3.05) is 25.5 Å². The molecule has 0 amide bonds. The zero-order valence-electron chi connectivity index (χ0n) is 8.96. The van der Waals surface area contributed by atoms with Gasteiger partial charge in [-0.1, -0.05) is 12.1 Å². The van der Waals surface area contributed by atoms with E-state index in [1.165, 1.54) is 29.7 Å². The molecule has 1 aliphatic carbocycles. The fourth-order valence-electron chi connectivity index (χ4n) is 2.39. The number of nitrogens with zero attached hydrogens (tertiary/aromatic N) is 1. The number of anilines is 1. The predicted octanol–water partition coefficient (Wildman–Crippen LogP) is 1.74. The predicted molar refractivity (Wildman–Crippen MR) is 60.9 cm³/mol. The maximum absolute atomic E-state index is 5.80. The van der Waals surface area contributed by atoms with Gasteiger partial charge in [-0.3, -0.25) is 0 Å². The zero-order chi connectivity index (χ0) is 10.1. The van der Waals surface area contributed by atoms with Crippen molar-refractivity contribution in [1.82, 2.24) is 0 Å². The molecule has 0 aliphatic heterocycles. The summed E-state index contributed by atoms with van der Waals surface area (Å²) >= 11 is 0. The fraction of sp³-hybridized carbons (Fsp3) is 0.500. The van der Waals surface area contributed by atoms with Crippen LogP contribution < -0.4 is 10.6 Å². The molecule has 1 aromatic rings. The monoisotopic (exact) mass is 190 g/mol. The first kappa shape index (κ1) is 9.53. The standard InChI is InChI=1S/C12H18N2/c1-14(2)11-5-3-4-9-6-7-10(8-13)12(9)11/h3-5,10H,6-8,13H2,1-2H3. The van der Waals surface area contributed by atoms with Crippen LogP contribution in [0, 0.1) is 0 Å². The van der Waals surface area contributed by atoms with Crippen molar-refractivity contribution in [2.45, 2.75) is 18.8 Å². The molecule has 1 unspecified atom stereocenters. The number of benzene rings is 1. The molecule has 2 nitrogen and oxygen atoms in total. The Kier molecular flexibility index (Phi) is 2.46. The molecule has 0 radical (unpaired) electrons. The third-order valence-corrected chi connectivity index (χ3v) is 3.11. The summed E-state index contributed by atoms with van der Waals surface area (Å²) in [5.74, 6) is 0.573. The van der Waals surface area contributed by atoms with Crippen LogP contribution in [-0.2, 0) is 6.42 Å². The van der Waals surface area contributed by atoms with Crippen LogP contribution in [0.3, 0.4) is 0 Å². The van der Waals surface area contributed by atoms with E-state index in [0.29, 0.717) is 5.92 Å². The third-order valence-electron chi connectivity index (χ3n) is 3.11. The second-order valence-electron chi connectivity index (χ2n) is 4.22. The molecule has 0 spiro atoms. The van der Waals surface area contributed by atoms with Gasteiger partial charge in [-0.25, -0.2) is 0 Å². The van der Waals surface area contributed by atoms with Gasteiger partial charge >= 0.3 is 0 Å². The molecule has 76 valence electrons. The largest absolute Gasteiger partial charge is 0.377 e. The summed E-state index contributed by atoms with van der Waals surface area (Å²) in [4.78, 5) is 2.19. The first-order chi connectivity index (χ1) is 6.74. The Morgan fingerprint density at radius 1 is 1.43 bits per heavy atom. The number of hydrogen-bond donors (Lipinski definition) is 1. The Hall–Kier alpha value is -1.02. The molecule has 2 N–H and O–H groups in total. The lowest BCUT2D eigenvalue weighted by Gasteiger charge is -2.20. The average Bonchev–Trinajstić information content (AvgIpc) is 2.59. The molecule has 2 heteroatoms. The number of hydrogen-bond acceptors (Lipinski definition) is 2. The van der Waals surface area contributed by atoms with Gasteiger partial charge in [0.05, 0.1) is 0 Å². The number of rotatable bonds is 2. The van der Waals surface area contributed by atoms with Gasteiger partial charge in [-0.2, -0.15) is 0 Å². The smallest absolute Gasteiger partial charge is 0.0399 e. The molecule has 0 bridgehead atoms. The van der Waals surface area contributed by atoms with Gasteiger partial charge in [0, 0.05) is 19.8 Å². The highest BCUT2D eigenvalue weighted by atomic mass is 15.1. The molecule has 0 fully saturated rings. The molecule has 0 saturated carbocycles. The summed E-state index contributed by atoms with van der Waals surface area (Å²) in [6.07, 6.45) is 2.41. The third kappa shape index (κ3) is 1.40. The van der Waals surface area contributed by atoms with Crippen molar-refractivity contribution in [3.05, 3.63) is 29.3 Å². The topological polar surface area (TPSA) is 29.3 Å². The Morgan fingerprint density at radius 2 is 2.21 bits per heavy atom. The van der Waals surface area contributed by atoms with Crippen LogP contribution in [0.4, 0.5) is 5.69 Å². The molecule has 0 heterocycles. The molecule has 0 aromatic heterocycles. The van der Waals surface area contributed by atoms with Gasteiger partial charge in [0.1, 0.15) is 0 Å². The first-order valence-corrected chi connectivity index (χ1v) is 5.23. The maximum atomic E-state index is 5.80. The van der Waals surface area contributed by atoms with Gasteiger partial charge in [-0.05, 0) is 42.5 Å². The Labute approximate surface area is 85.7 Å². The van der Waals surface area contributed by atoms with Crippen LogP contribution in [0.15, 0.2) is 18.2 Å². The van der Waals surface area contributed by atoms with Crippen LogP contribution in [0.2, 0.25) is 0 Å². The van der Waals surface area contributed by atoms with Crippen molar-refractivity contribution in [3.63, 3.8) is 0 Å². The van der Waals surface area contributed by atoms with E-state index in [1.54, 1.807) is 0 Å². The van der Waals surface area contributed by atoms with Gasteiger partial charge < -0.3 is 10.6 Å². The minimum absolute atomic E-state index is 0.573. The molecule has 1 aliphatic rings. The summed E-state index contributed by atoms with van der Waals surface area (Å²) in [6.45, 7) is 0.776. The highest BCUT2D eigenvalue weighted by Crippen LogP contribution is 2.38. The second kappa shape index (κ2) is 3.62. The van der Waals surface area contributed by atoms with E-state index >= 15 is 0 Å². The highest BCUT2D eigenvalue weighted by molar-refractivity contribution is 5.59. The highest BCUT2D eigenvalue weighted by Gasteiger charge is 2.24. The Balaban J connectivity index is 2.48. The zero-order valence-corrected chi connectivity index (χ0v) is 8.96. The van der Waals surface area contributed by atoms with E-state index in [9.17, 15) is 0 Å². The van der Waals surface area contributed by atoms with E-state index < -0.39 is 0 Å².